The van der Waals surface area contributed by atoms with Gasteiger partial charge in [0.1, 0.15) is 5.60 Å². The highest BCUT2D eigenvalue weighted by Gasteiger charge is 2.20. The van der Waals surface area contributed by atoms with Crippen molar-refractivity contribution in [3.05, 3.63) is 29.8 Å². The predicted octanol–water partition coefficient (Wildman–Crippen LogP) is 2.60. The number of benzene rings is 1. The van der Waals surface area contributed by atoms with Crippen LogP contribution in [0.15, 0.2) is 24.3 Å². The molecule has 0 atom stereocenters. The molecule has 0 aliphatic carbocycles. The molecule has 0 N–H and O–H groups in total. The molecule has 0 aromatic heterocycles. The Labute approximate surface area is 120 Å². The van der Waals surface area contributed by atoms with Crippen LogP contribution in [0.3, 0.4) is 0 Å². The molecule has 0 unspecified atom stereocenters. The van der Waals surface area contributed by atoms with Crippen molar-refractivity contribution < 1.29 is 17.9 Å². The Hall–Kier alpha value is -1.56. The molecule has 1 amide bonds. The van der Waals surface area contributed by atoms with Crippen LogP contribution >= 0.6 is 0 Å². The van der Waals surface area contributed by atoms with Gasteiger partial charge in [-0.1, -0.05) is 12.1 Å². The summed E-state index contributed by atoms with van der Waals surface area (Å²) in [5.41, 5.74) is 0.663. The second-order valence-corrected chi connectivity index (χ2v) is 7.92. The standard InChI is InChI=1S/C14H21NO4S/c1-14(2,3)19-13(16)15(4)12-8-6-7-11(9-12)10-20(5,17)18/h6-9H,10H2,1-5H3. The van der Waals surface area contributed by atoms with Gasteiger partial charge >= 0.3 is 6.09 Å². The van der Waals surface area contributed by atoms with E-state index in [1.54, 1.807) is 52.1 Å². The van der Waals surface area contributed by atoms with Crippen LogP contribution in [0.25, 0.3) is 0 Å². The Balaban J connectivity index is 2.91. The zero-order chi connectivity index (χ0) is 15.6. The number of hydrogen-bond acceptors (Lipinski definition) is 4. The molecule has 5 nitrogen and oxygen atoms in total. The highest BCUT2D eigenvalue weighted by atomic mass is 32.2. The summed E-state index contributed by atoms with van der Waals surface area (Å²) in [7, 11) is -1.51. The molecule has 0 saturated heterocycles. The lowest BCUT2D eigenvalue weighted by atomic mass is 10.2. The van der Waals surface area contributed by atoms with E-state index < -0.39 is 21.5 Å². The fourth-order valence-corrected chi connectivity index (χ4v) is 2.38. The molecule has 1 rings (SSSR count). The minimum atomic E-state index is -3.10. The number of carbonyl (C=O) groups excluding carboxylic acids is 1. The van der Waals surface area contributed by atoms with Crippen LogP contribution in [-0.2, 0) is 20.3 Å². The normalized spacial score (nSPS) is 12.1. The fraction of sp³-hybridized carbons (Fsp3) is 0.500. The number of amides is 1. The second kappa shape index (κ2) is 5.83. The Kier molecular flexibility index (Phi) is 4.81. The van der Waals surface area contributed by atoms with E-state index in [-0.39, 0.29) is 5.75 Å². The largest absolute Gasteiger partial charge is 0.443 e. The van der Waals surface area contributed by atoms with Crippen LogP contribution in [0.1, 0.15) is 26.3 Å². The third kappa shape index (κ3) is 5.61. The number of anilines is 1. The van der Waals surface area contributed by atoms with Crippen LogP contribution in [0.4, 0.5) is 10.5 Å². The third-order valence-corrected chi connectivity index (χ3v) is 3.25. The van der Waals surface area contributed by atoms with Crippen molar-refractivity contribution in [3.8, 4) is 0 Å². The Bertz CT molecular complexity index is 587. The number of hydrogen-bond donors (Lipinski definition) is 0. The summed E-state index contributed by atoms with van der Waals surface area (Å²) in [6.45, 7) is 5.37. The average Bonchev–Trinajstić information content (AvgIpc) is 2.23. The van der Waals surface area contributed by atoms with Gasteiger partial charge in [0, 0.05) is 19.0 Å². The minimum Gasteiger partial charge on any atom is -0.443 e. The van der Waals surface area contributed by atoms with Crippen LogP contribution in [0.5, 0.6) is 0 Å². The van der Waals surface area contributed by atoms with Gasteiger partial charge < -0.3 is 4.74 Å². The molecular weight excluding hydrogens is 278 g/mol. The van der Waals surface area contributed by atoms with Gasteiger partial charge in [0.25, 0.3) is 0 Å². The van der Waals surface area contributed by atoms with Crippen LogP contribution in [0.2, 0.25) is 0 Å². The van der Waals surface area contributed by atoms with Gasteiger partial charge in [-0.25, -0.2) is 13.2 Å². The lowest BCUT2D eigenvalue weighted by Gasteiger charge is -2.24. The lowest BCUT2D eigenvalue weighted by molar-refractivity contribution is 0.0589. The van der Waals surface area contributed by atoms with E-state index in [0.29, 0.717) is 11.3 Å². The summed E-state index contributed by atoms with van der Waals surface area (Å²) in [5, 5.41) is 0. The zero-order valence-corrected chi connectivity index (χ0v) is 13.3. The summed E-state index contributed by atoms with van der Waals surface area (Å²) in [6, 6.07) is 6.84. The first-order valence-corrected chi connectivity index (χ1v) is 8.27. The number of ether oxygens (including phenoxy) is 1. The van der Waals surface area contributed by atoms with E-state index in [1.165, 1.54) is 11.2 Å². The topological polar surface area (TPSA) is 63.7 Å². The first-order valence-electron chi connectivity index (χ1n) is 6.21. The zero-order valence-electron chi connectivity index (χ0n) is 12.5. The van der Waals surface area contributed by atoms with E-state index in [9.17, 15) is 13.2 Å². The van der Waals surface area contributed by atoms with Gasteiger partial charge in [-0.05, 0) is 38.5 Å². The molecule has 0 fully saturated rings. The summed E-state index contributed by atoms with van der Waals surface area (Å²) in [6.07, 6.45) is 0.700. The van der Waals surface area contributed by atoms with Crippen molar-refractivity contribution in [1.82, 2.24) is 0 Å². The van der Waals surface area contributed by atoms with Gasteiger partial charge in [0.2, 0.25) is 0 Å². The maximum Gasteiger partial charge on any atom is 0.414 e. The quantitative estimate of drug-likeness (QED) is 0.860. The highest BCUT2D eigenvalue weighted by Crippen LogP contribution is 2.19. The summed E-state index contributed by atoms with van der Waals surface area (Å²) in [4.78, 5) is 13.3. The van der Waals surface area contributed by atoms with Crippen LogP contribution in [-0.4, -0.2) is 33.4 Å². The maximum atomic E-state index is 11.9. The Morgan fingerprint density at radius 2 is 1.90 bits per heavy atom. The summed E-state index contributed by atoms with van der Waals surface area (Å²) < 4.78 is 27.9. The van der Waals surface area contributed by atoms with Gasteiger partial charge in [0.15, 0.2) is 9.84 Å². The molecule has 0 heterocycles. The van der Waals surface area contributed by atoms with Crippen LogP contribution < -0.4 is 4.90 Å². The maximum absolute atomic E-state index is 11.9. The molecule has 112 valence electrons. The fourth-order valence-electron chi connectivity index (χ4n) is 1.59. The van der Waals surface area contributed by atoms with Crippen molar-refractivity contribution in [2.24, 2.45) is 0 Å². The number of sulfone groups is 1. The lowest BCUT2D eigenvalue weighted by Crippen LogP contribution is -2.34. The summed E-state index contributed by atoms with van der Waals surface area (Å²) in [5.74, 6) is -0.0526. The Morgan fingerprint density at radius 1 is 1.30 bits per heavy atom. The van der Waals surface area contributed by atoms with Gasteiger partial charge in [-0.2, -0.15) is 0 Å². The predicted molar refractivity (Wildman–Crippen MR) is 79.6 cm³/mol. The van der Waals surface area contributed by atoms with Gasteiger partial charge in [0.05, 0.1) is 5.75 Å². The van der Waals surface area contributed by atoms with Gasteiger partial charge in [-0.15, -0.1) is 0 Å². The number of rotatable bonds is 3. The number of carbonyl (C=O) groups is 1. The minimum absolute atomic E-state index is 0.0526. The van der Waals surface area contributed by atoms with E-state index in [4.69, 9.17) is 4.74 Å². The second-order valence-electron chi connectivity index (χ2n) is 5.78. The van der Waals surface area contributed by atoms with E-state index in [1.807, 2.05) is 0 Å². The molecule has 0 spiro atoms. The van der Waals surface area contributed by atoms with Crippen molar-refractivity contribution in [3.63, 3.8) is 0 Å². The average molecular weight is 299 g/mol. The summed E-state index contributed by atoms with van der Waals surface area (Å²) >= 11 is 0. The molecule has 0 aliphatic heterocycles. The number of nitrogens with zero attached hydrogens (tertiary/aromatic N) is 1. The first-order chi connectivity index (χ1) is 8.98. The van der Waals surface area contributed by atoms with Crippen molar-refractivity contribution in [1.29, 1.82) is 0 Å². The molecule has 0 radical (unpaired) electrons. The van der Waals surface area contributed by atoms with E-state index >= 15 is 0 Å². The third-order valence-electron chi connectivity index (χ3n) is 2.39. The van der Waals surface area contributed by atoms with Crippen molar-refractivity contribution >= 4 is 21.6 Å². The molecule has 20 heavy (non-hydrogen) atoms. The van der Waals surface area contributed by atoms with Crippen LogP contribution in [0, 0.1) is 0 Å². The smallest absolute Gasteiger partial charge is 0.414 e. The molecule has 1 aromatic carbocycles. The van der Waals surface area contributed by atoms with Gasteiger partial charge in [-0.3, -0.25) is 4.90 Å². The van der Waals surface area contributed by atoms with E-state index in [0.717, 1.165) is 0 Å². The highest BCUT2D eigenvalue weighted by molar-refractivity contribution is 7.89. The monoisotopic (exact) mass is 299 g/mol. The Morgan fingerprint density at radius 3 is 2.40 bits per heavy atom. The van der Waals surface area contributed by atoms with E-state index in [2.05, 4.69) is 0 Å². The molecule has 0 saturated carbocycles. The first kappa shape index (κ1) is 16.5. The van der Waals surface area contributed by atoms with Crippen molar-refractivity contribution in [2.45, 2.75) is 32.1 Å². The molecule has 0 aliphatic rings. The molecule has 0 bridgehead atoms. The molecule has 6 heteroatoms. The molecule has 1 aromatic rings. The molecular formula is C14H21NO4S. The SMILES string of the molecule is CN(C(=O)OC(C)(C)C)c1cccc(CS(C)(=O)=O)c1. The van der Waals surface area contributed by atoms with Crippen molar-refractivity contribution in [2.75, 3.05) is 18.2 Å².